The monoisotopic (exact) mass is 411 g/mol. The fraction of sp³-hybridized carbons (Fsp3) is 0.346. The van der Waals surface area contributed by atoms with Crippen molar-refractivity contribution >= 4 is 22.6 Å². The van der Waals surface area contributed by atoms with E-state index in [0.29, 0.717) is 23.3 Å². The van der Waals surface area contributed by atoms with E-state index in [-0.39, 0.29) is 11.8 Å². The van der Waals surface area contributed by atoms with Crippen LogP contribution in [0.5, 0.6) is 0 Å². The second kappa shape index (κ2) is 7.19. The van der Waals surface area contributed by atoms with Crippen LogP contribution in [0.15, 0.2) is 60.8 Å². The maximum Gasteiger partial charge on any atom is 0.253 e. The van der Waals surface area contributed by atoms with Gasteiger partial charge in [-0.1, -0.05) is 36.4 Å². The van der Waals surface area contributed by atoms with Gasteiger partial charge in [-0.25, -0.2) is 0 Å². The predicted molar refractivity (Wildman–Crippen MR) is 119 cm³/mol. The molecule has 1 saturated carbocycles. The number of aromatic nitrogens is 1. The lowest BCUT2D eigenvalue weighted by molar-refractivity contribution is -0.131. The quantitative estimate of drug-likeness (QED) is 0.658. The number of fused-ring (bicyclic) bond motifs is 2. The zero-order valence-corrected chi connectivity index (χ0v) is 17.4. The van der Waals surface area contributed by atoms with Crippen LogP contribution in [0.2, 0.25) is 0 Å². The normalized spacial score (nSPS) is 22.7. The molecule has 0 radical (unpaired) electrons. The molecule has 2 atom stereocenters. The van der Waals surface area contributed by atoms with E-state index in [0.717, 1.165) is 61.1 Å². The molecular weight excluding hydrogens is 386 g/mol. The third kappa shape index (κ3) is 3.29. The summed E-state index contributed by atoms with van der Waals surface area (Å²) in [6, 6.07) is 18.0. The number of rotatable bonds is 3. The number of pyridine rings is 1. The molecule has 31 heavy (non-hydrogen) atoms. The summed E-state index contributed by atoms with van der Waals surface area (Å²) in [5.74, 6) is 1.52. The van der Waals surface area contributed by atoms with E-state index in [1.165, 1.54) is 0 Å². The summed E-state index contributed by atoms with van der Waals surface area (Å²) in [6.45, 7) is 3.11. The Morgan fingerprint density at radius 2 is 1.58 bits per heavy atom. The molecule has 2 aliphatic heterocycles. The minimum atomic E-state index is 0.0801. The van der Waals surface area contributed by atoms with Crippen LogP contribution in [0.3, 0.4) is 0 Å². The van der Waals surface area contributed by atoms with Crippen molar-refractivity contribution in [3.8, 4) is 11.3 Å². The van der Waals surface area contributed by atoms with Gasteiger partial charge in [0.25, 0.3) is 5.91 Å². The topological polar surface area (TPSA) is 53.5 Å². The van der Waals surface area contributed by atoms with Crippen LogP contribution in [0.25, 0.3) is 22.0 Å². The summed E-state index contributed by atoms with van der Waals surface area (Å²) in [4.78, 5) is 34.3. The van der Waals surface area contributed by atoms with Gasteiger partial charge in [0.1, 0.15) is 0 Å². The summed E-state index contributed by atoms with van der Waals surface area (Å²) >= 11 is 0. The largest absolute Gasteiger partial charge is 0.342 e. The van der Waals surface area contributed by atoms with Gasteiger partial charge >= 0.3 is 0 Å². The molecule has 6 rings (SSSR count). The first-order valence-electron chi connectivity index (χ1n) is 11.2. The number of carbonyl (C=O) groups is 2. The third-order valence-corrected chi connectivity index (χ3v) is 7.07. The lowest BCUT2D eigenvalue weighted by Crippen LogP contribution is -2.36. The zero-order chi connectivity index (χ0) is 20.9. The van der Waals surface area contributed by atoms with Crippen molar-refractivity contribution in [2.24, 2.45) is 17.8 Å². The van der Waals surface area contributed by atoms with Crippen LogP contribution in [0, 0.1) is 17.8 Å². The summed E-state index contributed by atoms with van der Waals surface area (Å²) in [5.41, 5.74) is 2.57. The Bertz CT molecular complexity index is 1170. The number of likely N-dealkylation sites (tertiary alicyclic amines) is 2. The van der Waals surface area contributed by atoms with Gasteiger partial charge in [0.15, 0.2) is 0 Å². The molecular formula is C26H25N3O2. The first-order chi connectivity index (χ1) is 15.2. The van der Waals surface area contributed by atoms with Crippen molar-refractivity contribution in [3.63, 3.8) is 0 Å². The minimum absolute atomic E-state index is 0.0801. The van der Waals surface area contributed by atoms with Crippen molar-refractivity contribution < 1.29 is 9.59 Å². The average molecular weight is 412 g/mol. The molecule has 3 aliphatic rings. The van der Waals surface area contributed by atoms with Gasteiger partial charge in [0.2, 0.25) is 5.91 Å². The van der Waals surface area contributed by atoms with E-state index in [9.17, 15) is 9.59 Å². The van der Waals surface area contributed by atoms with Crippen LogP contribution in [-0.2, 0) is 4.79 Å². The van der Waals surface area contributed by atoms with Crippen molar-refractivity contribution in [3.05, 3.63) is 66.4 Å². The van der Waals surface area contributed by atoms with Crippen LogP contribution < -0.4 is 0 Å². The summed E-state index contributed by atoms with van der Waals surface area (Å²) in [6.07, 6.45) is 3.93. The molecule has 3 heterocycles. The van der Waals surface area contributed by atoms with Crippen molar-refractivity contribution in [1.29, 1.82) is 0 Å². The zero-order valence-electron chi connectivity index (χ0n) is 17.4. The molecule has 5 nitrogen and oxygen atoms in total. The Kier molecular flexibility index (Phi) is 4.30. The first-order valence-corrected chi connectivity index (χ1v) is 11.2. The average Bonchev–Trinajstić information content (AvgIpc) is 3.47. The SMILES string of the molecule is O=C(c1cccc(-c2nccc3ccccc23)c1)N1CC2CN(C(=O)C3CC3)CC2C1. The molecule has 2 aromatic carbocycles. The van der Waals surface area contributed by atoms with Gasteiger partial charge in [-0.05, 0) is 36.4 Å². The van der Waals surface area contributed by atoms with Crippen LogP contribution >= 0.6 is 0 Å². The molecule has 3 fully saturated rings. The smallest absolute Gasteiger partial charge is 0.253 e. The molecule has 156 valence electrons. The van der Waals surface area contributed by atoms with Crippen molar-refractivity contribution in [2.45, 2.75) is 12.8 Å². The van der Waals surface area contributed by atoms with Crippen LogP contribution in [-0.4, -0.2) is 52.8 Å². The molecule has 1 aromatic heterocycles. The maximum absolute atomic E-state index is 13.3. The second-order valence-electron chi connectivity index (χ2n) is 9.21. The summed E-state index contributed by atoms with van der Waals surface area (Å²) < 4.78 is 0. The number of hydrogen-bond acceptors (Lipinski definition) is 3. The van der Waals surface area contributed by atoms with Gasteiger partial charge in [-0.3, -0.25) is 14.6 Å². The first kappa shape index (κ1) is 18.6. The van der Waals surface area contributed by atoms with E-state index in [1.54, 1.807) is 0 Å². The molecule has 2 saturated heterocycles. The molecule has 0 spiro atoms. The van der Waals surface area contributed by atoms with Crippen molar-refractivity contribution in [2.75, 3.05) is 26.2 Å². The Balaban J connectivity index is 1.21. The highest BCUT2D eigenvalue weighted by molar-refractivity contribution is 5.98. The second-order valence-corrected chi connectivity index (χ2v) is 9.21. The van der Waals surface area contributed by atoms with Gasteiger partial charge in [0.05, 0.1) is 5.69 Å². The highest BCUT2D eigenvalue weighted by Crippen LogP contribution is 2.37. The molecule has 1 aliphatic carbocycles. The summed E-state index contributed by atoms with van der Waals surface area (Å²) in [7, 11) is 0. The Morgan fingerprint density at radius 1 is 0.839 bits per heavy atom. The number of amides is 2. The highest BCUT2D eigenvalue weighted by atomic mass is 16.2. The predicted octanol–water partition coefficient (Wildman–Crippen LogP) is 3.84. The number of hydrogen-bond donors (Lipinski definition) is 0. The van der Waals surface area contributed by atoms with Gasteiger partial charge in [-0.15, -0.1) is 0 Å². The number of carbonyl (C=O) groups excluding carboxylic acids is 2. The summed E-state index contributed by atoms with van der Waals surface area (Å²) in [5, 5.41) is 2.23. The third-order valence-electron chi connectivity index (χ3n) is 7.07. The Hall–Kier alpha value is -3.21. The fourth-order valence-corrected chi connectivity index (χ4v) is 5.26. The van der Waals surface area contributed by atoms with E-state index in [2.05, 4.69) is 17.1 Å². The molecule has 5 heteroatoms. The highest BCUT2D eigenvalue weighted by Gasteiger charge is 2.45. The van der Waals surface area contributed by atoms with Gasteiger partial charge in [-0.2, -0.15) is 0 Å². The van der Waals surface area contributed by atoms with Crippen LogP contribution in [0.4, 0.5) is 0 Å². The molecule has 2 amide bonds. The molecule has 3 aromatic rings. The van der Waals surface area contributed by atoms with E-state index in [4.69, 9.17) is 0 Å². The van der Waals surface area contributed by atoms with E-state index >= 15 is 0 Å². The van der Waals surface area contributed by atoms with E-state index < -0.39 is 0 Å². The standard InChI is InChI=1S/C26H25N3O2/c30-25(18-8-9-18)28-13-21-15-29(16-22(21)14-28)26(31)20-6-3-5-19(12-20)24-23-7-2-1-4-17(23)10-11-27-24/h1-7,10-12,18,21-22H,8-9,13-16H2. The molecule has 0 N–H and O–H groups in total. The molecule has 0 bridgehead atoms. The molecule has 2 unspecified atom stereocenters. The van der Waals surface area contributed by atoms with Crippen LogP contribution in [0.1, 0.15) is 23.2 Å². The van der Waals surface area contributed by atoms with Gasteiger partial charge in [0, 0.05) is 66.6 Å². The van der Waals surface area contributed by atoms with E-state index in [1.807, 2.05) is 58.5 Å². The van der Waals surface area contributed by atoms with Gasteiger partial charge < -0.3 is 9.80 Å². The maximum atomic E-state index is 13.3. The van der Waals surface area contributed by atoms with Crippen molar-refractivity contribution in [1.82, 2.24) is 14.8 Å². The minimum Gasteiger partial charge on any atom is -0.342 e. The Labute approximate surface area is 181 Å². The lowest BCUT2D eigenvalue weighted by Gasteiger charge is -2.22. The Morgan fingerprint density at radius 3 is 2.35 bits per heavy atom. The lowest BCUT2D eigenvalue weighted by atomic mass is 10.0. The number of benzene rings is 2. The fourth-order valence-electron chi connectivity index (χ4n) is 5.26. The number of nitrogens with zero attached hydrogens (tertiary/aromatic N) is 3.